The van der Waals surface area contributed by atoms with E-state index in [2.05, 4.69) is 25.1 Å². The summed E-state index contributed by atoms with van der Waals surface area (Å²) in [6.45, 7) is 4.84. The molecule has 96 valence electrons. The molecule has 0 atom stereocenters. The second kappa shape index (κ2) is 5.64. The van der Waals surface area contributed by atoms with Crippen LogP contribution in [0.4, 0.5) is 0 Å². The Bertz CT molecular complexity index is 511. The monoisotopic (exact) mass is 265 g/mol. The van der Waals surface area contributed by atoms with E-state index in [0.717, 1.165) is 54.7 Å². The van der Waals surface area contributed by atoms with Gasteiger partial charge in [0.15, 0.2) is 5.65 Å². The summed E-state index contributed by atoms with van der Waals surface area (Å²) in [6.07, 6.45) is 3.37. The largest absolute Gasteiger partial charge is 0.379 e. The number of hydrogen-bond acceptors (Lipinski definition) is 6. The fraction of sp³-hybridized carbons (Fsp3) is 0.545. The molecule has 0 aromatic carbocycles. The van der Waals surface area contributed by atoms with Gasteiger partial charge in [0, 0.05) is 25.4 Å². The van der Waals surface area contributed by atoms with Gasteiger partial charge in [-0.05, 0) is 0 Å². The first-order valence-electron chi connectivity index (χ1n) is 6.00. The number of morpholine rings is 1. The molecule has 0 spiro atoms. The maximum Gasteiger partial charge on any atom is 0.159 e. The Labute approximate surface area is 109 Å². The van der Waals surface area contributed by atoms with Gasteiger partial charge in [0.1, 0.15) is 11.4 Å². The number of nitrogens with one attached hydrogen (secondary N) is 1. The number of fused-ring (bicyclic) bond motifs is 1. The van der Waals surface area contributed by atoms with Gasteiger partial charge in [0.25, 0.3) is 0 Å². The average molecular weight is 265 g/mol. The summed E-state index contributed by atoms with van der Waals surface area (Å²) in [5.41, 5.74) is 0.805. The van der Waals surface area contributed by atoms with Crippen molar-refractivity contribution in [2.45, 2.75) is 5.03 Å². The van der Waals surface area contributed by atoms with Gasteiger partial charge in [0.2, 0.25) is 0 Å². The van der Waals surface area contributed by atoms with Gasteiger partial charge in [-0.3, -0.25) is 10.00 Å². The van der Waals surface area contributed by atoms with E-state index < -0.39 is 0 Å². The van der Waals surface area contributed by atoms with E-state index in [1.54, 1.807) is 24.3 Å². The Balaban J connectivity index is 1.57. The molecule has 1 saturated heterocycles. The van der Waals surface area contributed by atoms with Crippen molar-refractivity contribution >= 4 is 22.8 Å². The van der Waals surface area contributed by atoms with Crippen LogP contribution in [0.15, 0.2) is 17.6 Å². The molecule has 0 saturated carbocycles. The summed E-state index contributed by atoms with van der Waals surface area (Å²) in [4.78, 5) is 10.9. The molecule has 0 aliphatic carbocycles. The Morgan fingerprint density at radius 1 is 1.33 bits per heavy atom. The van der Waals surface area contributed by atoms with Crippen molar-refractivity contribution in [3.05, 3.63) is 12.5 Å². The molecule has 0 radical (unpaired) electrons. The Kier molecular flexibility index (Phi) is 3.72. The van der Waals surface area contributed by atoms with Gasteiger partial charge in [-0.1, -0.05) is 0 Å². The van der Waals surface area contributed by atoms with Crippen LogP contribution < -0.4 is 0 Å². The minimum atomic E-state index is 0.805. The van der Waals surface area contributed by atoms with Crippen LogP contribution in [0.25, 0.3) is 11.0 Å². The quantitative estimate of drug-likeness (QED) is 0.651. The second-order valence-corrected chi connectivity index (χ2v) is 5.20. The fourth-order valence-electron chi connectivity index (χ4n) is 1.95. The molecule has 3 heterocycles. The summed E-state index contributed by atoms with van der Waals surface area (Å²) in [5, 5.41) is 8.86. The van der Waals surface area contributed by atoms with Gasteiger partial charge in [-0.15, -0.1) is 11.8 Å². The summed E-state index contributed by atoms with van der Waals surface area (Å²) in [5.74, 6) is 1.03. The molecule has 0 amide bonds. The van der Waals surface area contributed by atoms with E-state index in [-0.39, 0.29) is 0 Å². The van der Waals surface area contributed by atoms with Crippen LogP contribution in [0, 0.1) is 0 Å². The van der Waals surface area contributed by atoms with Crippen molar-refractivity contribution < 1.29 is 4.74 Å². The maximum absolute atomic E-state index is 5.33. The molecule has 0 unspecified atom stereocenters. The Morgan fingerprint density at radius 2 is 2.22 bits per heavy atom. The van der Waals surface area contributed by atoms with E-state index in [1.807, 2.05) is 0 Å². The van der Waals surface area contributed by atoms with Crippen LogP contribution in [0.2, 0.25) is 0 Å². The third-order valence-electron chi connectivity index (χ3n) is 2.96. The lowest BCUT2D eigenvalue weighted by atomic mass is 10.4. The molecular formula is C11H15N5OS. The van der Waals surface area contributed by atoms with E-state index in [9.17, 15) is 0 Å². The number of ether oxygens (including phenoxy) is 1. The SMILES string of the molecule is c1nc(SCCN2CCOCC2)c2cn[nH]c2n1. The summed E-state index contributed by atoms with van der Waals surface area (Å²) < 4.78 is 5.33. The zero-order chi connectivity index (χ0) is 12.2. The lowest BCUT2D eigenvalue weighted by Gasteiger charge is -2.26. The minimum absolute atomic E-state index is 0.805. The van der Waals surface area contributed by atoms with E-state index in [0.29, 0.717) is 0 Å². The van der Waals surface area contributed by atoms with Gasteiger partial charge in [-0.25, -0.2) is 9.97 Å². The van der Waals surface area contributed by atoms with Crippen LogP contribution in [-0.2, 0) is 4.74 Å². The zero-order valence-corrected chi connectivity index (χ0v) is 10.8. The predicted octanol–water partition coefficient (Wildman–Crippen LogP) is 0.777. The topological polar surface area (TPSA) is 66.9 Å². The average Bonchev–Trinajstić information content (AvgIpc) is 2.89. The van der Waals surface area contributed by atoms with Crippen LogP contribution in [0.3, 0.4) is 0 Å². The smallest absolute Gasteiger partial charge is 0.159 e. The number of hydrogen-bond donors (Lipinski definition) is 1. The van der Waals surface area contributed by atoms with Crippen molar-refractivity contribution in [3.8, 4) is 0 Å². The first-order chi connectivity index (χ1) is 8.93. The summed E-state index contributed by atoms with van der Waals surface area (Å²) >= 11 is 1.75. The molecule has 1 aliphatic heterocycles. The first-order valence-corrected chi connectivity index (χ1v) is 6.99. The highest BCUT2D eigenvalue weighted by molar-refractivity contribution is 7.99. The standard InChI is InChI=1S/C11H15N5OS/c1-4-17-5-2-16(1)3-6-18-11-9-7-14-15-10(9)12-8-13-11/h7-8H,1-6H2,(H,12,13,14,15). The van der Waals surface area contributed by atoms with E-state index >= 15 is 0 Å². The molecule has 7 heteroatoms. The van der Waals surface area contributed by atoms with Crippen LogP contribution in [0.5, 0.6) is 0 Å². The van der Waals surface area contributed by atoms with Crippen molar-refractivity contribution in [2.24, 2.45) is 0 Å². The molecular weight excluding hydrogens is 250 g/mol. The maximum atomic E-state index is 5.33. The van der Waals surface area contributed by atoms with E-state index in [4.69, 9.17) is 4.74 Å². The van der Waals surface area contributed by atoms with E-state index in [1.165, 1.54) is 0 Å². The van der Waals surface area contributed by atoms with Crippen LogP contribution in [0.1, 0.15) is 0 Å². The Morgan fingerprint density at radius 3 is 3.11 bits per heavy atom. The third-order valence-corrected chi connectivity index (χ3v) is 3.95. The van der Waals surface area contributed by atoms with Crippen LogP contribution in [-0.4, -0.2) is 63.7 Å². The number of rotatable bonds is 4. The van der Waals surface area contributed by atoms with Crippen molar-refractivity contribution in [1.29, 1.82) is 0 Å². The molecule has 1 fully saturated rings. The molecule has 1 N–H and O–H groups in total. The number of H-pyrrole nitrogens is 1. The van der Waals surface area contributed by atoms with Gasteiger partial charge < -0.3 is 4.74 Å². The van der Waals surface area contributed by atoms with Gasteiger partial charge in [0.05, 0.1) is 24.8 Å². The van der Waals surface area contributed by atoms with Gasteiger partial charge in [-0.2, -0.15) is 5.10 Å². The number of aromatic amines is 1. The molecule has 0 bridgehead atoms. The number of nitrogens with zero attached hydrogens (tertiary/aromatic N) is 4. The lowest BCUT2D eigenvalue weighted by molar-refractivity contribution is 0.0410. The molecule has 2 aromatic heterocycles. The highest BCUT2D eigenvalue weighted by Gasteiger charge is 2.11. The third kappa shape index (κ3) is 2.63. The first kappa shape index (κ1) is 11.9. The zero-order valence-electron chi connectivity index (χ0n) is 10.0. The predicted molar refractivity (Wildman–Crippen MR) is 69.7 cm³/mol. The number of thioether (sulfide) groups is 1. The molecule has 6 nitrogen and oxygen atoms in total. The molecule has 18 heavy (non-hydrogen) atoms. The van der Waals surface area contributed by atoms with Gasteiger partial charge >= 0.3 is 0 Å². The second-order valence-electron chi connectivity index (χ2n) is 4.11. The highest BCUT2D eigenvalue weighted by atomic mass is 32.2. The normalized spacial score (nSPS) is 17.3. The molecule has 2 aromatic rings. The lowest BCUT2D eigenvalue weighted by Crippen LogP contribution is -2.37. The summed E-state index contributed by atoms with van der Waals surface area (Å²) in [6, 6.07) is 0. The van der Waals surface area contributed by atoms with Crippen LogP contribution >= 0.6 is 11.8 Å². The minimum Gasteiger partial charge on any atom is -0.379 e. The van der Waals surface area contributed by atoms with Crippen molar-refractivity contribution in [3.63, 3.8) is 0 Å². The number of aromatic nitrogens is 4. The highest BCUT2D eigenvalue weighted by Crippen LogP contribution is 2.22. The molecule has 1 aliphatic rings. The van der Waals surface area contributed by atoms with Crippen molar-refractivity contribution in [1.82, 2.24) is 25.1 Å². The summed E-state index contributed by atoms with van der Waals surface area (Å²) in [7, 11) is 0. The fourth-order valence-corrected chi connectivity index (χ4v) is 2.92. The molecule has 3 rings (SSSR count). The Hall–Kier alpha value is -1.18. The van der Waals surface area contributed by atoms with Crippen molar-refractivity contribution in [2.75, 3.05) is 38.6 Å².